The van der Waals surface area contributed by atoms with Gasteiger partial charge in [0.25, 0.3) is 0 Å². The van der Waals surface area contributed by atoms with Gasteiger partial charge in [-0.3, -0.25) is 4.79 Å². The minimum Gasteiger partial charge on any atom is -0.365 e. The Bertz CT molecular complexity index is 509. The number of nitriles is 1. The van der Waals surface area contributed by atoms with Crippen LogP contribution in [0, 0.1) is 17.1 Å². The Hall–Kier alpha value is -2.09. The van der Waals surface area contributed by atoms with Crippen molar-refractivity contribution in [3.63, 3.8) is 0 Å². The van der Waals surface area contributed by atoms with Crippen LogP contribution >= 0.6 is 0 Å². The summed E-state index contributed by atoms with van der Waals surface area (Å²) in [6, 6.07) is 6.41. The van der Waals surface area contributed by atoms with E-state index in [0.717, 1.165) is 0 Å². The molecule has 1 fully saturated rings. The van der Waals surface area contributed by atoms with Gasteiger partial charge in [0.2, 0.25) is 5.91 Å². The van der Waals surface area contributed by atoms with Gasteiger partial charge >= 0.3 is 0 Å². The smallest absolute Gasteiger partial charge is 0.222 e. The van der Waals surface area contributed by atoms with E-state index < -0.39 is 5.82 Å². The summed E-state index contributed by atoms with van der Waals surface area (Å²) in [5, 5.41) is 11.8. The highest BCUT2D eigenvalue weighted by molar-refractivity contribution is 5.78. The van der Waals surface area contributed by atoms with E-state index in [-0.39, 0.29) is 17.5 Å². The fourth-order valence-electron chi connectivity index (χ4n) is 2.21. The number of nitrogens with one attached hydrogen (secondary N) is 1. The van der Waals surface area contributed by atoms with E-state index in [1.807, 2.05) is 17.9 Å². The maximum atomic E-state index is 13.6. The SMILES string of the molecule is C[C@H]1CC(=O)NCCN1c1cccc(F)c1C#N. The molecule has 1 aliphatic heterocycles. The van der Waals surface area contributed by atoms with Gasteiger partial charge < -0.3 is 10.2 Å². The second kappa shape index (κ2) is 5.05. The van der Waals surface area contributed by atoms with Gasteiger partial charge in [-0.05, 0) is 19.1 Å². The molecule has 18 heavy (non-hydrogen) atoms. The van der Waals surface area contributed by atoms with Gasteiger partial charge in [-0.15, -0.1) is 0 Å². The van der Waals surface area contributed by atoms with Crippen LogP contribution in [-0.2, 0) is 4.79 Å². The largest absolute Gasteiger partial charge is 0.365 e. The normalized spacial score (nSPS) is 19.9. The zero-order valence-electron chi connectivity index (χ0n) is 10.1. The first kappa shape index (κ1) is 12.4. The lowest BCUT2D eigenvalue weighted by Gasteiger charge is -2.29. The van der Waals surface area contributed by atoms with Gasteiger partial charge in [-0.25, -0.2) is 4.39 Å². The first-order valence-electron chi connectivity index (χ1n) is 5.85. The molecule has 5 heteroatoms. The van der Waals surface area contributed by atoms with Gasteiger partial charge in [0.15, 0.2) is 0 Å². The fraction of sp³-hybridized carbons (Fsp3) is 0.385. The second-order valence-electron chi connectivity index (χ2n) is 4.34. The maximum Gasteiger partial charge on any atom is 0.222 e. The van der Waals surface area contributed by atoms with Crippen LogP contribution in [0.2, 0.25) is 0 Å². The van der Waals surface area contributed by atoms with Crippen LogP contribution in [0.15, 0.2) is 18.2 Å². The summed E-state index contributed by atoms with van der Waals surface area (Å²) in [6.45, 7) is 2.98. The second-order valence-corrected chi connectivity index (χ2v) is 4.34. The first-order chi connectivity index (χ1) is 8.63. The van der Waals surface area contributed by atoms with E-state index in [9.17, 15) is 9.18 Å². The lowest BCUT2D eigenvalue weighted by atomic mass is 10.1. The number of rotatable bonds is 1. The van der Waals surface area contributed by atoms with Gasteiger partial charge in [-0.2, -0.15) is 5.26 Å². The van der Waals surface area contributed by atoms with Crippen LogP contribution in [-0.4, -0.2) is 25.0 Å². The number of carbonyl (C=O) groups excluding carboxylic acids is 1. The number of carbonyl (C=O) groups is 1. The molecule has 0 radical (unpaired) electrons. The van der Waals surface area contributed by atoms with Crippen molar-refractivity contribution in [3.05, 3.63) is 29.6 Å². The van der Waals surface area contributed by atoms with Crippen molar-refractivity contribution in [1.29, 1.82) is 5.26 Å². The molecule has 1 N–H and O–H groups in total. The Kier molecular flexibility index (Phi) is 3.47. The molecule has 0 unspecified atom stereocenters. The first-order valence-corrected chi connectivity index (χ1v) is 5.85. The van der Waals surface area contributed by atoms with E-state index in [1.54, 1.807) is 12.1 Å². The predicted octanol–water partition coefficient (Wildman–Crippen LogP) is 1.41. The Morgan fingerprint density at radius 1 is 1.56 bits per heavy atom. The molecule has 0 aromatic heterocycles. The van der Waals surface area contributed by atoms with Crippen molar-refractivity contribution in [2.45, 2.75) is 19.4 Å². The van der Waals surface area contributed by atoms with Crippen molar-refractivity contribution >= 4 is 11.6 Å². The average molecular weight is 247 g/mol. The van der Waals surface area contributed by atoms with Crippen LogP contribution in [0.3, 0.4) is 0 Å². The van der Waals surface area contributed by atoms with Crippen molar-refractivity contribution in [3.8, 4) is 6.07 Å². The molecule has 4 nitrogen and oxygen atoms in total. The van der Waals surface area contributed by atoms with E-state index in [0.29, 0.717) is 25.2 Å². The molecule has 1 amide bonds. The molecule has 1 aromatic carbocycles. The lowest BCUT2D eigenvalue weighted by Crippen LogP contribution is -2.35. The summed E-state index contributed by atoms with van der Waals surface area (Å²) in [5.41, 5.74) is 0.597. The van der Waals surface area contributed by atoms with Crippen molar-refractivity contribution in [2.75, 3.05) is 18.0 Å². The third-order valence-electron chi connectivity index (χ3n) is 3.10. The molecule has 2 rings (SSSR count). The number of anilines is 1. The minimum absolute atomic E-state index is 0.0140. The van der Waals surface area contributed by atoms with Gasteiger partial charge in [-0.1, -0.05) is 6.07 Å². The zero-order valence-corrected chi connectivity index (χ0v) is 10.1. The summed E-state index contributed by atoms with van der Waals surface area (Å²) in [7, 11) is 0. The summed E-state index contributed by atoms with van der Waals surface area (Å²) >= 11 is 0. The Labute approximate surface area is 105 Å². The topological polar surface area (TPSA) is 56.1 Å². The number of benzene rings is 1. The molecule has 0 spiro atoms. The number of nitrogens with zero attached hydrogens (tertiary/aromatic N) is 2. The van der Waals surface area contributed by atoms with Crippen molar-refractivity contribution < 1.29 is 9.18 Å². The van der Waals surface area contributed by atoms with E-state index >= 15 is 0 Å². The fourth-order valence-corrected chi connectivity index (χ4v) is 2.21. The highest BCUT2D eigenvalue weighted by atomic mass is 19.1. The molecule has 1 saturated heterocycles. The molecule has 1 aliphatic rings. The molecule has 1 heterocycles. The van der Waals surface area contributed by atoms with Crippen LogP contribution in [0.1, 0.15) is 18.9 Å². The zero-order chi connectivity index (χ0) is 13.1. The summed E-state index contributed by atoms with van der Waals surface area (Å²) in [6.07, 6.45) is 0.349. The number of amides is 1. The molecular weight excluding hydrogens is 233 g/mol. The van der Waals surface area contributed by atoms with E-state index in [4.69, 9.17) is 5.26 Å². The van der Waals surface area contributed by atoms with Gasteiger partial charge in [0, 0.05) is 25.6 Å². The van der Waals surface area contributed by atoms with Crippen LogP contribution in [0.5, 0.6) is 0 Å². The number of hydrogen-bond acceptors (Lipinski definition) is 3. The monoisotopic (exact) mass is 247 g/mol. The van der Waals surface area contributed by atoms with Crippen molar-refractivity contribution in [2.24, 2.45) is 0 Å². The summed E-state index contributed by atoms with van der Waals surface area (Å²) < 4.78 is 13.6. The summed E-state index contributed by atoms with van der Waals surface area (Å²) in [5.74, 6) is -0.536. The molecule has 0 bridgehead atoms. The van der Waals surface area contributed by atoms with Gasteiger partial charge in [0.1, 0.15) is 17.4 Å². The van der Waals surface area contributed by atoms with Crippen LogP contribution < -0.4 is 10.2 Å². The molecule has 1 aromatic rings. The molecule has 0 saturated carbocycles. The highest BCUT2D eigenvalue weighted by Gasteiger charge is 2.24. The minimum atomic E-state index is -0.522. The highest BCUT2D eigenvalue weighted by Crippen LogP contribution is 2.25. The van der Waals surface area contributed by atoms with Crippen molar-refractivity contribution in [1.82, 2.24) is 5.32 Å². The van der Waals surface area contributed by atoms with Crippen LogP contribution in [0.4, 0.5) is 10.1 Å². The number of hydrogen-bond donors (Lipinski definition) is 1. The molecular formula is C13H14FN3O. The molecule has 0 aliphatic carbocycles. The number of halogens is 1. The molecule has 94 valence electrons. The standard InChI is InChI=1S/C13H14FN3O/c1-9-7-13(18)16-5-6-17(9)12-4-2-3-11(14)10(12)8-15/h2-4,9H,5-7H2,1H3,(H,16,18)/t9-/m0/s1. The summed E-state index contributed by atoms with van der Waals surface area (Å²) in [4.78, 5) is 13.3. The van der Waals surface area contributed by atoms with E-state index in [1.165, 1.54) is 6.07 Å². The maximum absolute atomic E-state index is 13.6. The quantitative estimate of drug-likeness (QED) is 0.816. The third kappa shape index (κ3) is 2.28. The van der Waals surface area contributed by atoms with Crippen LogP contribution in [0.25, 0.3) is 0 Å². The average Bonchev–Trinajstić information content (AvgIpc) is 2.49. The van der Waals surface area contributed by atoms with Gasteiger partial charge in [0.05, 0.1) is 5.69 Å². The lowest BCUT2D eigenvalue weighted by molar-refractivity contribution is -0.120. The Morgan fingerprint density at radius 3 is 3.06 bits per heavy atom. The Morgan fingerprint density at radius 2 is 2.33 bits per heavy atom. The molecule has 1 atom stereocenters. The Balaban J connectivity index is 2.39. The van der Waals surface area contributed by atoms with E-state index in [2.05, 4.69) is 5.32 Å². The predicted molar refractivity (Wildman–Crippen MR) is 65.5 cm³/mol. The third-order valence-corrected chi connectivity index (χ3v) is 3.10.